The van der Waals surface area contributed by atoms with Crippen molar-refractivity contribution in [1.29, 1.82) is 0 Å². The monoisotopic (exact) mass is 469 g/mol. The molecule has 1 aliphatic heterocycles. The molecule has 2 aliphatic rings. The Balaban J connectivity index is 1.52. The van der Waals surface area contributed by atoms with Gasteiger partial charge in [-0.3, -0.25) is 9.59 Å². The summed E-state index contributed by atoms with van der Waals surface area (Å²) in [4.78, 5) is 29.7. The molecule has 1 aromatic heterocycles. The average molecular weight is 470 g/mol. The van der Waals surface area contributed by atoms with Gasteiger partial charge in [0.05, 0.1) is 6.54 Å². The standard InChI is InChI=1S/C30H35N3O2/c1-22-14-16-23(17-15-22)20-33-28(34)27-19-18-26(24-10-6-5-7-11-24)32(27)21-30(33,2)29(35)31-25-12-8-3-4-9-13-25/h5-7,10-11,14-19,25H,3-4,8-9,12-13,20-21H2,1-2H3,(H,31,35). The third-order valence-electron chi connectivity index (χ3n) is 7.72. The van der Waals surface area contributed by atoms with Crippen molar-refractivity contribution in [2.75, 3.05) is 0 Å². The van der Waals surface area contributed by atoms with Gasteiger partial charge >= 0.3 is 0 Å². The molecular weight excluding hydrogens is 434 g/mol. The van der Waals surface area contributed by atoms with Gasteiger partial charge in [0.15, 0.2) is 0 Å². The van der Waals surface area contributed by atoms with Crippen molar-refractivity contribution in [3.8, 4) is 11.3 Å². The number of hydrogen-bond donors (Lipinski definition) is 1. The van der Waals surface area contributed by atoms with Gasteiger partial charge in [0, 0.05) is 18.3 Å². The summed E-state index contributed by atoms with van der Waals surface area (Å²) in [5, 5.41) is 3.35. The Bertz CT molecular complexity index is 1190. The van der Waals surface area contributed by atoms with Crippen molar-refractivity contribution in [2.45, 2.75) is 77.0 Å². The van der Waals surface area contributed by atoms with Crippen LogP contribution in [-0.2, 0) is 17.9 Å². The Morgan fingerprint density at radius 3 is 2.26 bits per heavy atom. The lowest BCUT2D eigenvalue weighted by Gasteiger charge is -2.45. The molecule has 5 heteroatoms. The Kier molecular flexibility index (Phi) is 6.50. The van der Waals surface area contributed by atoms with E-state index in [0.29, 0.717) is 18.8 Å². The summed E-state index contributed by atoms with van der Waals surface area (Å²) in [6.45, 7) is 4.82. The van der Waals surface area contributed by atoms with Gasteiger partial charge in [-0.2, -0.15) is 0 Å². The van der Waals surface area contributed by atoms with Gasteiger partial charge in [-0.05, 0) is 49.9 Å². The van der Waals surface area contributed by atoms with Gasteiger partial charge in [-0.1, -0.05) is 85.8 Å². The summed E-state index contributed by atoms with van der Waals surface area (Å²) >= 11 is 0. The molecule has 35 heavy (non-hydrogen) atoms. The van der Waals surface area contributed by atoms with E-state index in [1.54, 1.807) is 4.90 Å². The number of amides is 2. The number of carbonyl (C=O) groups is 2. The minimum Gasteiger partial charge on any atom is -0.351 e. The van der Waals surface area contributed by atoms with E-state index >= 15 is 0 Å². The molecule has 5 rings (SSSR count). The second-order valence-corrected chi connectivity index (χ2v) is 10.4. The first-order chi connectivity index (χ1) is 17.0. The molecule has 182 valence electrons. The van der Waals surface area contributed by atoms with Gasteiger partial charge < -0.3 is 14.8 Å². The first kappa shape index (κ1) is 23.4. The number of aryl methyl sites for hydroxylation is 1. The molecule has 3 aromatic rings. The van der Waals surface area contributed by atoms with E-state index in [-0.39, 0.29) is 17.9 Å². The van der Waals surface area contributed by atoms with Crippen LogP contribution in [-0.4, -0.2) is 32.9 Å². The van der Waals surface area contributed by atoms with E-state index in [1.165, 1.54) is 18.4 Å². The number of hydrogen-bond acceptors (Lipinski definition) is 2. The molecule has 1 unspecified atom stereocenters. The molecule has 1 aliphatic carbocycles. The average Bonchev–Trinajstić information content (AvgIpc) is 3.11. The molecule has 1 N–H and O–H groups in total. The van der Waals surface area contributed by atoms with Gasteiger partial charge in [0.1, 0.15) is 11.2 Å². The summed E-state index contributed by atoms with van der Waals surface area (Å²) in [7, 11) is 0. The van der Waals surface area contributed by atoms with Crippen molar-refractivity contribution in [1.82, 2.24) is 14.8 Å². The molecule has 1 saturated carbocycles. The number of rotatable bonds is 5. The molecule has 0 radical (unpaired) electrons. The van der Waals surface area contributed by atoms with Crippen molar-refractivity contribution in [3.05, 3.63) is 83.6 Å². The van der Waals surface area contributed by atoms with Crippen LogP contribution in [0.3, 0.4) is 0 Å². The molecule has 5 nitrogen and oxygen atoms in total. The first-order valence-corrected chi connectivity index (χ1v) is 12.9. The Morgan fingerprint density at radius 1 is 0.914 bits per heavy atom. The zero-order valence-electron chi connectivity index (χ0n) is 20.8. The maximum Gasteiger partial charge on any atom is 0.271 e. The van der Waals surface area contributed by atoms with Crippen LogP contribution in [0, 0.1) is 6.92 Å². The van der Waals surface area contributed by atoms with Gasteiger partial charge in [-0.15, -0.1) is 0 Å². The number of benzene rings is 2. The van der Waals surface area contributed by atoms with Crippen LogP contribution < -0.4 is 5.32 Å². The fourth-order valence-corrected chi connectivity index (χ4v) is 5.52. The lowest BCUT2D eigenvalue weighted by Crippen LogP contribution is -2.64. The second kappa shape index (κ2) is 9.73. The van der Waals surface area contributed by atoms with Crippen molar-refractivity contribution in [3.63, 3.8) is 0 Å². The summed E-state index contributed by atoms with van der Waals surface area (Å²) in [5.41, 5.74) is 3.86. The maximum absolute atomic E-state index is 14.0. The Hall–Kier alpha value is -3.34. The highest BCUT2D eigenvalue weighted by atomic mass is 16.2. The Labute approximate surface area is 208 Å². The highest BCUT2D eigenvalue weighted by Crippen LogP contribution is 2.34. The lowest BCUT2D eigenvalue weighted by atomic mass is 9.92. The van der Waals surface area contributed by atoms with Crippen LogP contribution >= 0.6 is 0 Å². The van der Waals surface area contributed by atoms with Crippen LogP contribution in [0.5, 0.6) is 0 Å². The number of carbonyl (C=O) groups excluding carboxylic acids is 2. The third-order valence-corrected chi connectivity index (χ3v) is 7.72. The summed E-state index contributed by atoms with van der Waals surface area (Å²) < 4.78 is 2.04. The maximum atomic E-state index is 14.0. The van der Waals surface area contributed by atoms with E-state index in [4.69, 9.17) is 0 Å². The summed E-state index contributed by atoms with van der Waals surface area (Å²) in [6, 6.07) is 22.4. The van der Waals surface area contributed by atoms with E-state index in [2.05, 4.69) is 48.6 Å². The molecule has 2 amide bonds. The number of aromatic nitrogens is 1. The van der Waals surface area contributed by atoms with E-state index < -0.39 is 5.54 Å². The number of nitrogens with zero attached hydrogens (tertiary/aromatic N) is 2. The normalized spacial score (nSPS) is 20.9. The second-order valence-electron chi connectivity index (χ2n) is 10.4. The van der Waals surface area contributed by atoms with Crippen LogP contribution in [0.25, 0.3) is 11.3 Å². The van der Waals surface area contributed by atoms with Crippen LogP contribution in [0.1, 0.15) is 67.1 Å². The largest absolute Gasteiger partial charge is 0.351 e. The molecule has 2 heterocycles. The Morgan fingerprint density at radius 2 is 1.57 bits per heavy atom. The third kappa shape index (κ3) is 4.64. The molecule has 1 atom stereocenters. The predicted molar refractivity (Wildman–Crippen MR) is 139 cm³/mol. The summed E-state index contributed by atoms with van der Waals surface area (Å²) in [5.74, 6) is -0.152. The van der Waals surface area contributed by atoms with Crippen molar-refractivity contribution in [2.24, 2.45) is 0 Å². The SMILES string of the molecule is Cc1ccc(CN2C(=O)c3ccc(-c4ccccc4)n3CC2(C)C(=O)NC2CCCCCC2)cc1. The van der Waals surface area contributed by atoms with Gasteiger partial charge in [0.2, 0.25) is 5.91 Å². The van der Waals surface area contributed by atoms with E-state index in [0.717, 1.165) is 42.5 Å². The van der Waals surface area contributed by atoms with Crippen LogP contribution in [0.2, 0.25) is 0 Å². The van der Waals surface area contributed by atoms with Gasteiger partial charge in [-0.25, -0.2) is 0 Å². The molecule has 1 fully saturated rings. The minimum absolute atomic E-state index is 0.0526. The fraction of sp³-hybridized carbons (Fsp3) is 0.400. The predicted octanol–water partition coefficient (Wildman–Crippen LogP) is 5.72. The smallest absolute Gasteiger partial charge is 0.271 e. The first-order valence-electron chi connectivity index (χ1n) is 12.9. The minimum atomic E-state index is -0.996. The quantitative estimate of drug-likeness (QED) is 0.486. The zero-order valence-corrected chi connectivity index (χ0v) is 20.8. The molecular formula is C30H35N3O2. The fourth-order valence-electron chi connectivity index (χ4n) is 5.52. The number of fused-ring (bicyclic) bond motifs is 1. The lowest BCUT2D eigenvalue weighted by molar-refractivity contribution is -0.134. The van der Waals surface area contributed by atoms with E-state index in [9.17, 15) is 9.59 Å². The molecule has 0 spiro atoms. The zero-order chi connectivity index (χ0) is 24.4. The van der Waals surface area contributed by atoms with Gasteiger partial charge in [0.25, 0.3) is 5.91 Å². The highest BCUT2D eigenvalue weighted by Gasteiger charge is 2.48. The van der Waals surface area contributed by atoms with Crippen LogP contribution in [0.15, 0.2) is 66.7 Å². The van der Waals surface area contributed by atoms with Crippen molar-refractivity contribution < 1.29 is 9.59 Å². The number of nitrogens with one attached hydrogen (secondary N) is 1. The van der Waals surface area contributed by atoms with E-state index in [1.807, 2.05) is 41.8 Å². The molecule has 2 aromatic carbocycles. The molecule has 0 bridgehead atoms. The van der Waals surface area contributed by atoms with Crippen molar-refractivity contribution >= 4 is 11.8 Å². The molecule has 0 saturated heterocycles. The van der Waals surface area contributed by atoms with Crippen LogP contribution in [0.4, 0.5) is 0 Å². The highest BCUT2D eigenvalue weighted by molar-refractivity contribution is 6.00. The topological polar surface area (TPSA) is 54.3 Å². The summed E-state index contributed by atoms with van der Waals surface area (Å²) in [6.07, 6.45) is 6.78.